The number of nitrogens with one attached hydrogen (secondary N) is 1. The quantitative estimate of drug-likeness (QED) is 0.651. The van der Waals surface area contributed by atoms with Gasteiger partial charge in [-0.3, -0.25) is 9.59 Å². The van der Waals surface area contributed by atoms with Crippen LogP contribution in [0.3, 0.4) is 0 Å². The van der Waals surface area contributed by atoms with Crippen molar-refractivity contribution in [3.8, 4) is 0 Å². The first-order chi connectivity index (χ1) is 11.9. The van der Waals surface area contributed by atoms with Gasteiger partial charge < -0.3 is 24.8 Å². The second-order valence-electron chi connectivity index (χ2n) is 6.91. The third-order valence-electron chi connectivity index (χ3n) is 4.64. The van der Waals surface area contributed by atoms with Crippen LogP contribution in [0.1, 0.15) is 19.8 Å². The Hall–Kier alpha value is -1.83. The lowest BCUT2D eigenvalue weighted by atomic mass is 10.2. The molecule has 142 valence electrons. The highest BCUT2D eigenvalue weighted by atomic mass is 16.6. The number of hydrogen-bond donors (Lipinski definition) is 1. The highest BCUT2D eigenvalue weighted by Crippen LogP contribution is 2.40. The van der Waals surface area contributed by atoms with Gasteiger partial charge in [-0.15, -0.1) is 0 Å². The molecule has 1 aliphatic heterocycles. The summed E-state index contributed by atoms with van der Waals surface area (Å²) in [5.74, 6) is -0.350. The largest absolute Gasteiger partial charge is 0.450 e. The third kappa shape index (κ3) is 5.59. The van der Waals surface area contributed by atoms with Gasteiger partial charge in [0.05, 0.1) is 18.4 Å². The van der Waals surface area contributed by atoms with Crippen LogP contribution in [0, 0.1) is 11.8 Å². The Morgan fingerprint density at radius 2 is 1.72 bits per heavy atom. The van der Waals surface area contributed by atoms with Gasteiger partial charge in [0.2, 0.25) is 11.8 Å². The van der Waals surface area contributed by atoms with Crippen LogP contribution < -0.4 is 5.32 Å². The molecule has 2 unspecified atom stereocenters. The Kier molecular flexibility index (Phi) is 7.04. The molecule has 1 heterocycles. The number of carbonyl (C=O) groups is 3. The number of carbonyl (C=O) groups excluding carboxylic acids is 3. The molecule has 1 N–H and O–H groups in total. The summed E-state index contributed by atoms with van der Waals surface area (Å²) in [6, 6.07) is 0. The lowest BCUT2D eigenvalue weighted by Crippen LogP contribution is -2.51. The monoisotopic (exact) mass is 354 g/mol. The number of amides is 3. The summed E-state index contributed by atoms with van der Waals surface area (Å²) in [4.78, 5) is 41.7. The average Bonchev–Trinajstić information content (AvgIpc) is 3.39. The van der Waals surface area contributed by atoms with E-state index in [2.05, 4.69) is 10.2 Å². The molecule has 1 saturated heterocycles. The van der Waals surface area contributed by atoms with Crippen LogP contribution in [-0.4, -0.2) is 92.6 Å². The Bertz CT molecular complexity index is 489. The Morgan fingerprint density at radius 3 is 2.32 bits per heavy atom. The maximum absolute atomic E-state index is 12.5. The molecule has 8 heteroatoms. The van der Waals surface area contributed by atoms with E-state index in [1.54, 1.807) is 16.7 Å². The molecule has 2 aliphatic rings. The SMILES string of the molecule is CCOC(=O)N1CCN(C(=O)C2CC2C(=O)NCCCN(C)C)CC1. The molecule has 0 aromatic rings. The number of nitrogens with zero attached hydrogens (tertiary/aromatic N) is 3. The Balaban J connectivity index is 1.67. The molecule has 2 atom stereocenters. The maximum atomic E-state index is 12.5. The van der Waals surface area contributed by atoms with Crippen LogP contribution in [0.4, 0.5) is 4.79 Å². The van der Waals surface area contributed by atoms with Crippen molar-refractivity contribution in [1.29, 1.82) is 0 Å². The maximum Gasteiger partial charge on any atom is 0.409 e. The molecule has 2 fully saturated rings. The molecule has 0 spiro atoms. The van der Waals surface area contributed by atoms with E-state index in [1.165, 1.54) is 0 Å². The summed E-state index contributed by atoms with van der Waals surface area (Å²) in [5, 5.41) is 2.92. The van der Waals surface area contributed by atoms with Gasteiger partial charge in [0, 0.05) is 32.7 Å². The topological polar surface area (TPSA) is 82.2 Å². The molecule has 2 rings (SSSR count). The summed E-state index contributed by atoms with van der Waals surface area (Å²) in [5.41, 5.74) is 0. The number of ether oxygens (including phenoxy) is 1. The normalized spacial score (nSPS) is 22.7. The first kappa shape index (κ1) is 19.5. The van der Waals surface area contributed by atoms with Gasteiger partial charge in [-0.1, -0.05) is 0 Å². The van der Waals surface area contributed by atoms with E-state index < -0.39 is 0 Å². The zero-order valence-electron chi connectivity index (χ0n) is 15.5. The van der Waals surface area contributed by atoms with Crippen LogP contribution in [-0.2, 0) is 14.3 Å². The Labute approximate surface area is 149 Å². The first-order valence-corrected chi connectivity index (χ1v) is 9.07. The summed E-state index contributed by atoms with van der Waals surface area (Å²) in [7, 11) is 4.00. The lowest BCUT2D eigenvalue weighted by molar-refractivity contribution is -0.136. The van der Waals surface area contributed by atoms with Gasteiger partial charge in [0.25, 0.3) is 0 Å². The summed E-state index contributed by atoms with van der Waals surface area (Å²) >= 11 is 0. The molecular formula is C17H30N4O4. The smallest absolute Gasteiger partial charge is 0.409 e. The van der Waals surface area contributed by atoms with Gasteiger partial charge in [0.15, 0.2) is 0 Å². The lowest BCUT2D eigenvalue weighted by Gasteiger charge is -2.34. The van der Waals surface area contributed by atoms with Gasteiger partial charge >= 0.3 is 6.09 Å². The Morgan fingerprint density at radius 1 is 1.08 bits per heavy atom. The second-order valence-corrected chi connectivity index (χ2v) is 6.91. The summed E-state index contributed by atoms with van der Waals surface area (Å²) < 4.78 is 4.97. The van der Waals surface area contributed by atoms with Crippen LogP contribution in [0.5, 0.6) is 0 Å². The van der Waals surface area contributed by atoms with E-state index in [1.807, 2.05) is 14.1 Å². The standard InChI is InChI=1S/C17H30N4O4/c1-4-25-17(24)21-10-8-20(9-11-21)16(23)14-12-13(14)15(22)18-6-5-7-19(2)3/h13-14H,4-12H2,1-3H3,(H,18,22). The highest BCUT2D eigenvalue weighted by Gasteiger charge is 2.49. The van der Waals surface area contributed by atoms with Crippen molar-refractivity contribution < 1.29 is 19.1 Å². The van der Waals surface area contributed by atoms with E-state index in [0.29, 0.717) is 45.8 Å². The van der Waals surface area contributed by atoms with Crippen molar-refractivity contribution in [2.45, 2.75) is 19.8 Å². The molecule has 3 amide bonds. The fourth-order valence-corrected chi connectivity index (χ4v) is 3.05. The number of rotatable bonds is 7. The van der Waals surface area contributed by atoms with Crippen molar-refractivity contribution in [3.05, 3.63) is 0 Å². The fraction of sp³-hybridized carbons (Fsp3) is 0.824. The minimum absolute atomic E-state index is 0.0118. The van der Waals surface area contributed by atoms with Crippen molar-refractivity contribution in [1.82, 2.24) is 20.0 Å². The molecule has 0 aromatic carbocycles. The molecule has 25 heavy (non-hydrogen) atoms. The first-order valence-electron chi connectivity index (χ1n) is 9.07. The van der Waals surface area contributed by atoms with Gasteiger partial charge in [-0.05, 0) is 40.4 Å². The van der Waals surface area contributed by atoms with Crippen molar-refractivity contribution >= 4 is 17.9 Å². The van der Waals surface area contributed by atoms with Crippen molar-refractivity contribution in [2.24, 2.45) is 11.8 Å². The van der Waals surface area contributed by atoms with Crippen molar-refractivity contribution in [3.63, 3.8) is 0 Å². The zero-order chi connectivity index (χ0) is 18.4. The van der Waals surface area contributed by atoms with Gasteiger partial charge in [-0.2, -0.15) is 0 Å². The van der Waals surface area contributed by atoms with Gasteiger partial charge in [-0.25, -0.2) is 4.79 Å². The highest BCUT2D eigenvalue weighted by molar-refractivity contribution is 5.92. The van der Waals surface area contributed by atoms with Crippen LogP contribution in [0.15, 0.2) is 0 Å². The second kappa shape index (κ2) is 9.03. The van der Waals surface area contributed by atoms with Crippen LogP contribution in [0.25, 0.3) is 0 Å². The predicted molar refractivity (Wildman–Crippen MR) is 93.0 cm³/mol. The van der Waals surface area contributed by atoms with Crippen LogP contribution >= 0.6 is 0 Å². The molecule has 0 aromatic heterocycles. The van der Waals surface area contributed by atoms with Crippen LogP contribution in [0.2, 0.25) is 0 Å². The molecular weight excluding hydrogens is 324 g/mol. The number of hydrogen-bond acceptors (Lipinski definition) is 5. The van der Waals surface area contributed by atoms with Crippen molar-refractivity contribution in [2.75, 3.05) is 60.0 Å². The minimum atomic E-state index is -0.323. The van der Waals surface area contributed by atoms with E-state index in [4.69, 9.17) is 4.74 Å². The van der Waals surface area contributed by atoms with Gasteiger partial charge in [0.1, 0.15) is 0 Å². The summed E-state index contributed by atoms with van der Waals surface area (Å²) in [6.45, 7) is 5.68. The van der Waals surface area contributed by atoms with E-state index in [-0.39, 0.29) is 29.7 Å². The number of piperazine rings is 1. The third-order valence-corrected chi connectivity index (χ3v) is 4.64. The van der Waals surface area contributed by atoms with E-state index in [9.17, 15) is 14.4 Å². The molecule has 8 nitrogen and oxygen atoms in total. The minimum Gasteiger partial charge on any atom is -0.450 e. The summed E-state index contributed by atoms with van der Waals surface area (Å²) in [6.07, 6.45) is 1.21. The average molecular weight is 354 g/mol. The molecule has 1 saturated carbocycles. The molecule has 0 radical (unpaired) electrons. The molecule has 1 aliphatic carbocycles. The fourth-order valence-electron chi connectivity index (χ4n) is 3.05. The predicted octanol–water partition coefficient (Wildman–Crippen LogP) is -0.00890. The van der Waals surface area contributed by atoms with E-state index >= 15 is 0 Å². The zero-order valence-corrected chi connectivity index (χ0v) is 15.5. The molecule has 0 bridgehead atoms. The van der Waals surface area contributed by atoms with E-state index in [0.717, 1.165) is 13.0 Å².